The van der Waals surface area contributed by atoms with Crippen molar-refractivity contribution in [3.63, 3.8) is 0 Å². The summed E-state index contributed by atoms with van der Waals surface area (Å²) in [6.07, 6.45) is 0. The van der Waals surface area contributed by atoms with Crippen LogP contribution >= 0.6 is 15.9 Å². The minimum absolute atomic E-state index is 0.128. The van der Waals surface area contributed by atoms with E-state index in [4.69, 9.17) is 0 Å². The predicted molar refractivity (Wildman–Crippen MR) is 72.5 cm³/mol. The highest BCUT2D eigenvalue weighted by Crippen LogP contribution is 2.27. The third kappa shape index (κ3) is 2.88. The molecule has 0 aromatic heterocycles. The molecule has 0 amide bonds. The Labute approximate surface area is 113 Å². The molecule has 0 saturated heterocycles. The highest BCUT2D eigenvalue weighted by molar-refractivity contribution is 9.10. The van der Waals surface area contributed by atoms with Crippen molar-refractivity contribution in [3.05, 3.63) is 64.1 Å². The standard InChI is InChI=1S/C14H12BrF2N/c1-9(11-4-2-3-5-12(11)15)18-14-8-10(16)6-7-13(14)17/h2-9,18H,1H3. The van der Waals surface area contributed by atoms with Gasteiger partial charge in [0, 0.05) is 10.5 Å². The van der Waals surface area contributed by atoms with Gasteiger partial charge in [-0.3, -0.25) is 0 Å². The minimum atomic E-state index is -0.463. The van der Waals surface area contributed by atoms with E-state index in [-0.39, 0.29) is 11.7 Å². The number of anilines is 1. The van der Waals surface area contributed by atoms with Gasteiger partial charge in [-0.05, 0) is 36.8 Å². The lowest BCUT2D eigenvalue weighted by Gasteiger charge is -2.17. The van der Waals surface area contributed by atoms with Crippen LogP contribution in [0.4, 0.5) is 14.5 Å². The molecule has 2 aromatic rings. The first kappa shape index (κ1) is 13.0. The first-order valence-electron chi connectivity index (χ1n) is 5.54. The second kappa shape index (κ2) is 5.48. The van der Waals surface area contributed by atoms with Crippen molar-refractivity contribution in [2.24, 2.45) is 0 Å². The van der Waals surface area contributed by atoms with Gasteiger partial charge in [-0.1, -0.05) is 34.1 Å². The molecule has 1 nitrogen and oxygen atoms in total. The third-order valence-corrected chi connectivity index (χ3v) is 3.39. The molecule has 0 aliphatic heterocycles. The van der Waals surface area contributed by atoms with Crippen molar-refractivity contribution < 1.29 is 8.78 Å². The van der Waals surface area contributed by atoms with Gasteiger partial charge in [0.25, 0.3) is 0 Å². The van der Waals surface area contributed by atoms with Gasteiger partial charge in [-0.15, -0.1) is 0 Å². The molecule has 2 aromatic carbocycles. The van der Waals surface area contributed by atoms with Gasteiger partial charge in [-0.25, -0.2) is 8.78 Å². The Kier molecular flexibility index (Phi) is 3.97. The first-order valence-corrected chi connectivity index (χ1v) is 6.33. The molecule has 4 heteroatoms. The van der Waals surface area contributed by atoms with Crippen LogP contribution in [-0.4, -0.2) is 0 Å². The Bertz CT molecular complexity index is 557. The summed E-state index contributed by atoms with van der Waals surface area (Å²) in [5.41, 5.74) is 1.15. The highest BCUT2D eigenvalue weighted by Gasteiger charge is 2.11. The zero-order chi connectivity index (χ0) is 13.1. The van der Waals surface area contributed by atoms with Crippen molar-refractivity contribution in [3.8, 4) is 0 Å². The van der Waals surface area contributed by atoms with Crippen LogP contribution in [0, 0.1) is 11.6 Å². The molecule has 0 heterocycles. The van der Waals surface area contributed by atoms with Crippen LogP contribution in [0.3, 0.4) is 0 Å². The maximum absolute atomic E-state index is 13.5. The van der Waals surface area contributed by atoms with Gasteiger partial charge in [-0.2, -0.15) is 0 Å². The average Bonchev–Trinajstić information content (AvgIpc) is 2.34. The van der Waals surface area contributed by atoms with Crippen LogP contribution in [-0.2, 0) is 0 Å². The molecule has 1 N–H and O–H groups in total. The Morgan fingerprint density at radius 2 is 1.83 bits per heavy atom. The third-order valence-electron chi connectivity index (χ3n) is 2.67. The van der Waals surface area contributed by atoms with E-state index in [1.807, 2.05) is 31.2 Å². The van der Waals surface area contributed by atoms with Crippen LogP contribution in [0.25, 0.3) is 0 Å². The van der Waals surface area contributed by atoms with E-state index in [1.54, 1.807) is 0 Å². The lowest BCUT2D eigenvalue weighted by Crippen LogP contribution is -2.08. The molecular weight excluding hydrogens is 300 g/mol. The molecule has 0 fully saturated rings. The lowest BCUT2D eigenvalue weighted by atomic mass is 10.1. The average molecular weight is 312 g/mol. The molecule has 1 atom stereocenters. The van der Waals surface area contributed by atoms with Gasteiger partial charge in [0.15, 0.2) is 0 Å². The normalized spacial score (nSPS) is 12.2. The number of benzene rings is 2. The van der Waals surface area contributed by atoms with E-state index in [1.165, 1.54) is 0 Å². The second-order valence-corrected chi connectivity index (χ2v) is 4.87. The number of hydrogen-bond acceptors (Lipinski definition) is 1. The molecule has 0 bridgehead atoms. The Morgan fingerprint density at radius 1 is 1.11 bits per heavy atom. The molecule has 0 spiro atoms. The number of rotatable bonds is 3. The smallest absolute Gasteiger partial charge is 0.146 e. The molecule has 0 saturated carbocycles. The Morgan fingerprint density at radius 3 is 2.56 bits per heavy atom. The van der Waals surface area contributed by atoms with Crippen molar-refractivity contribution >= 4 is 21.6 Å². The van der Waals surface area contributed by atoms with Gasteiger partial charge in [0.05, 0.1) is 5.69 Å². The molecule has 0 aliphatic rings. The van der Waals surface area contributed by atoms with Gasteiger partial charge in [0.1, 0.15) is 11.6 Å². The summed E-state index contributed by atoms with van der Waals surface area (Å²) in [5, 5.41) is 2.96. The maximum atomic E-state index is 13.5. The Balaban J connectivity index is 2.24. The highest BCUT2D eigenvalue weighted by atomic mass is 79.9. The SMILES string of the molecule is CC(Nc1cc(F)ccc1F)c1ccccc1Br. The van der Waals surface area contributed by atoms with Crippen LogP contribution in [0.1, 0.15) is 18.5 Å². The van der Waals surface area contributed by atoms with Gasteiger partial charge >= 0.3 is 0 Å². The van der Waals surface area contributed by atoms with E-state index < -0.39 is 11.6 Å². The van der Waals surface area contributed by atoms with Crippen molar-refractivity contribution in [1.82, 2.24) is 0 Å². The molecule has 18 heavy (non-hydrogen) atoms. The number of halogens is 3. The zero-order valence-electron chi connectivity index (χ0n) is 9.75. The summed E-state index contributed by atoms with van der Waals surface area (Å²) in [5.74, 6) is -0.923. The summed E-state index contributed by atoms with van der Waals surface area (Å²) in [6.45, 7) is 1.89. The van der Waals surface area contributed by atoms with Crippen LogP contribution < -0.4 is 5.32 Å². The summed E-state index contributed by atoms with van der Waals surface area (Å²) in [7, 11) is 0. The molecule has 94 valence electrons. The molecule has 1 unspecified atom stereocenters. The van der Waals surface area contributed by atoms with Gasteiger partial charge in [0.2, 0.25) is 0 Å². The minimum Gasteiger partial charge on any atom is -0.376 e. The van der Waals surface area contributed by atoms with Gasteiger partial charge < -0.3 is 5.32 Å². The molecular formula is C14H12BrF2N. The summed E-state index contributed by atoms with van der Waals surface area (Å²) < 4.78 is 27.5. The monoisotopic (exact) mass is 311 g/mol. The lowest BCUT2D eigenvalue weighted by molar-refractivity contribution is 0.600. The summed E-state index contributed by atoms with van der Waals surface area (Å²) >= 11 is 3.44. The topological polar surface area (TPSA) is 12.0 Å². The van der Waals surface area contributed by atoms with E-state index >= 15 is 0 Å². The summed E-state index contributed by atoms with van der Waals surface area (Å²) in [6, 6.07) is 10.9. The van der Waals surface area contributed by atoms with E-state index in [9.17, 15) is 8.78 Å². The second-order valence-electron chi connectivity index (χ2n) is 4.01. The van der Waals surface area contributed by atoms with E-state index in [2.05, 4.69) is 21.2 Å². The number of nitrogens with one attached hydrogen (secondary N) is 1. The van der Waals surface area contributed by atoms with Crippen molar-refractivity contribution in [2.45, 2.75) is 13.0 Å². The fourth-order valence-corrected chi connectivity index (χ4v) is 2.37. The molecule has 2 rings (SSSR count). The summed E-state index contributed by atoms with van der Waals surface area (Å²) in [4.78, 5) is 0. The van der Waals surface area contributed by atoms with Crippen LogP contribution in [0.5, 0.6) is 0 Å². The van der Waals surface area contributed by atoms with Crippen molar-refractivity contribution in [1.29, 1.82) is 0 Å². The quantitative estimate of drug-likeness (QED) is 0.850. The van der Waals surface area contributed by atoms with Crippen LogP contribution in [0.2, 0.25) is 0 Å². The fraction of sp³-hybridized carbons (Fsp3) is 0.143. The maximum Gasteiger partial charge on any atom is 0.146 e. The molecule has 0 aliphatic carbocycles. The zero-order valence-corrected chi connectivity index (χ0v) is 11.3. The number of hydrogen-bond donors (Lipinski definition) is 1. The first-order chi connectivity index (χ1) is 8.58. The fourth-order valence-electron chi connectivity index (χ4n) is 1.75. The predicted octanol–water partition coefficient (Wildman–Crippen LogP) is 4.90. The van der Waals surface area contributed by atoms with E-state index in [0.29, 0.717) is 0 Å². The Hall–Kier alpha value is -1.42. The molecule has 0 radical (unpaired) electrons. The largest absolute Gasteiger partial charge is 0.376 e. The van der Waals surface area contributed by atoms with Crippen molar-refractivity contribution in [2.75, 3.05) is 5.32 Å². The van der Waals surface area contributed by atoms with Crippen LogP contribution in [0.15, 0.2) is 46.9 Å². The van der Waals surface area contributed by atoms with E-state index in [0.717, 1.165) is 28.2 Å².